The van der Waals surface area contributed by atoms with Gasteiger partial charge in [-0.15, -0.1) is 0 Å². The molecular formula is C11H7F2N3O2S. The average molecular weight is 283 g/mol. The molecule has 0 bridgehead atoms. The third-order valence-electron chi connectivity index (χ3n) is 2.28. The van der Waals surface area contributed by atoms with Crippen LogP contribution < -0.4 is 15.6 Å². The lowest BCUT2D eigenvalue weighted by Crippen LogP contribution is -2.03. The van der Waals surface area contributed by atoms with Crippen LogP contribution >= 0.6 is 11.5 Å². The zero-order valence-electron chi connectivity index (χ0n) is 9.58. The van der Waals surface area contributed by atoms with Crippen LogP contribution in [-0.4, -0.2) is 11.5 Å². The summed E-state index contributed by atoms with van der Waals surface area (Å²) in [5, 5.41) is 11.7. The molecule has 0 atom stereocenters. The van der Waals surface area contributed by atoms with Crippen molar-refractivity contribution in [2.75, 3.05) is 12.4 Å². The van der Waals surface area contributed by atoms with Crippen molar-refractivity contribution < 1.29 is 13.5 Å². The van der Waals surface area contributed by atoms with Crippen molar-refractivity contribution in [2.24, 2.45) is 0 Å². The molecule has 0 unspecified atom stereocenters. The fraction of sp³-hybridized carbons (Fsp3) is 0.0909. The summed E-state index contributed by atoms with van der Waals surface area (Å²) in [4.78, 5) is 11.2. The van der Waals surface area contributed by atoms with Gasteiger partial charge in [0.25, 0.3) is 5.56 Å². The first-order valence-corrected chi connectivity index (χ1v) is 5.80. The van der Waals surface area contributed by atoms with Crippen molar-refractivity contribution in [3.8, 4) is 11.8 Å². The average Bonchev–Trinajstić information content (AvgIpc) is 2.74. The first-order valence-electron chi connectivity index (χ1n) is 4.98. The molecule has 0 aliphatic rings. The molecule has 0 spiro atoms. The summed E-state index contributed by atoms with van der Waals surface area (Å²) in [6.07, 6.45) is 0. The number of hydrogen-bond acceptors (Lipinski definition) is 5. The van der Waals surface area contributed by atoms with Gasteiger partial charge in [-0.3, -0.25) is 9.17 Å². The number of nitrogens with zero attached hydrogens (tertiary/aromatic N) is 1. The molecule has 1 heterocycles. The lowest BCUT2D eigenvalue weighted by Gasteiger charge is -2.08. The topological polar surface area (TPSA) is 77.9 Å². The Bertz CT molecular complexity index is 718. The zero-order chi connectivity index (χ0) is 14.0. The molecule has 0 amide bonds. The molecule has 1 aromatic heterocycles. The fourth-order valence-corrected chi connectivity index (χ4v) is 2.11. The number of nitriles is 1. The summed E-state index contributed by atoms with van der Waals surface area (Å²) >= 11 is 0.891. The molecule has 2 aromatic rings. The number of aromatic amines is 1. The van der Waals surface area contributed by atoms with Crippen LogP contribution in [0.5, 0.6) is 5.75 Å². The molecule has 0 saturated heterocycles. The largest absolute Gasteiger partial charge is 0.493 e. The van der Waals surface area contributed by atoms with E-state index in [-0.39, 0.29) is 22.0 Å². The van der Waals surface area contributed by atoms with Crippen molar-refractivity contribution in [1.82, 2.24) is 4.37 Å². The Morgan fingerprint density at radius 3 is 2.84 bits per heavy atom. The summed E-state index contributed by atoms with van der Waals surface area (Å²) in [5.74, 6) is -2.47. The van der Waals surface area contributed by atoms with Gasteiger partial charge in [-0.05, 0) is 11.5 Å². The van der Waals surface area contributed by atoms with Crippen molar-refractivity contribution in [3.05, 3.63) is 39.7 Å². The van der Waals surface area contributed by atoms with Gasteiger partial charge in [0.1, 0.15) is 11.1 Å². The third-order valence-corrected chi connectivity index (χ3v) is 3.08. The van der Waals surface area contributed by atoms with Crippen molar-refractivity contribution in [1.29, 1.82) is 5.26 Å². The second kappa shape index (κ2) is 5.07. The van der Waals surface area contributed by atoms with Crippen LogP contribution in [-0.2, 0) is 0 Å². The quantitative estimate of drug-likeness (QED) is 0.906. The normalized spacial score (nSPS) is 10.0. The standard InChI is InChI=1S/C11H7F2N3O2S/c1-18-8-3-5(2-7(12)9(8)13)15-11-6(4-14)10(17)16-19-11/h2-3,15H,1H3,(H,16,17). The Labute approximate surface area is 110 Å². The molecule has 5 nitrogen and oxygen atoms in total. The molecule has 2 rings (SSSR count). The molecule has 19 heavy (non-hydrogen) atoms. The van der Waals surface area contributed by atoms with Crippen LogP contribution in [0.2, 0.25) is 0 Å². The van der Waals surface area contributed by atoms with E-state index in [2.05, 4.69) is 14.4 Å². The monoisotopic (exact) mass is 283 g/mol. The van der Waals surface area contributed by atoms with E-state index in [9.17, 15) is 13.6 Å². The van der Waals surface area contributed by atoms with Gasteiger partial charge in [0.2, 0.25) is 5.82 Å². The number of anilines is 2. The minimum atomic E-state index is -1.10. The highest BCUT2D eigenvalue weighted by Gasteiger charge is 2.14. The van der Waals surface area contributed by atoms with E-state index in [1.54, 1.807) is 6.07 Å². The molecule has 0 radical (unpaired) electrons. The van der Waals surface area contributed by atoms with E-state index in [4.69, 9.17) is 5.26 Å². The Balaban J connectivity index is 2.42. The van der Waals surface area contributed by atoms with Gasteiger partial charge in [0.15, 0.2) is 17.1 Å². The minimum Gasteiger partial charge on any atom is -0.493 e. The molecule has 0 fully saturated rings. The Morgan fingerprint density at radius 1 is 1.47 bits per heavy atom. The molecule has 0 aliphatic carbocycles. The maximum atomic E-state index is 13.3. The molecule has 2 N–H and O–H groups in total. The number of nitrogens with one attached hydrogen (secondary N) is 2. The van der Waals surface area contributed by atoms with Gasteiger partial charge in [-0.1, -0.05) is 0 Å². The second-order valence-electron chi connectivity index (χ2n) is 3.45. The van der Waals surface area contributed by atoms with Gasteiger partial charge in [-0.25, -0.2) is 4.39 Å². The Morgan fingerprint density at radius 2 is 2.21 bits per heavy atom. The van der Waals surface area contributed by atoms with Crippen LogP contribution in [0.3, 0.4) is 0 Å². The highest BCUT2D eigenvalue weighted by molar-refractivity contribution is 7.10. The molecule has 8 heteroatoms. The summed E-state index contributed by atoms with van der Waals surface area (Å²) in [6.45, 7) is 0. The second-order valence-corrected chi connectivity index (χ2v) is 4.26. The molecule has 0 saturated carbocycles. The highest BCUT2D eigenvalue weighted by atomic mass is 32.1. The van der Waals surface area contributed by atoms with E-state index in [1.165, 1.54) is 13.2 Å². The van der Waals surface area contributed by atoms with E-state index in [1.807, 2.05) is 0 Å². The Hall–Kier alpha value is -2.40. The maximum Gasteiger partial charge on any atom is 0.278 e. The van der Waals surface area contributed by atoms with Crippen LogP contribution in [0.25, 0.3) is 0 Å². The first-order chi connectivity index (χ1) is 9.06. The number of halogens is 2. The predicted molar refractivity (Wildman–Crippen MR) is 65.8 cm³/mol. The van der Waals surface area contributed by atoms with Crippen LogP contribution in [0.15, 0.2) is 16.9 Å². The summed E-state index contributed by atoms with van der Waals surface area (Å²) < 4.78 is 33.6. The predicted octanol–water partition coefficient (Wildman–Crippen LogP) is 2.34. The van der Waals surface area contributed by atoms with Gasteiger partial charge in [-0.2, -0.15) is 9.65 Å². The van der Waals surface area contributed by atoms with Gasteiger partial charge < -0.3 is 10.1 Å². The van der Waals surface area contributed by atoms with Crippen LogP contribution in [0, 0.1) is 23.0 Å². The number of benzene rings is 1. The van der Waals surface area contributed by atoms with E-state index < -0.39 is 17.2 Å². The minimum absolute atomic E-state index is 0.117. The number of H-pyrrole nitrogens is 1. The number of aromatic nitrogens is 1. The van der Waals surface area contributed by atoms with Crippen LogP contribution in [0.4, 0.5) is 19.5 Å². The van der Waals surface area contributed by atoms with E-state index in [0.717, 1.165) is 17.6 Å². The molecule has 0 aliphatic heterocycles. The highest BCUT2D eigenvalue weighted by Crippen LogP contribution is 2.28. The SMILES string of the molecule is COc1cc(Nc2s[nH]c(=O)c2C#N)cc(F)c1F. The molecule has 98 valence electrons. The van der Waals surface area contributed by atoms with Gasteiger partial charge >= 0.3 is 0 Å². The maximum absolute atomic E-state index is 13.3. The number of methoxy groups -OCH3 is 1. The summed E-state index contributed by atoms with van der Waals surface area (Å²) in [5.41, 5.74) is -0.485. The lowest BCUT2D eigenvalue weighted by atomic mass is 10.2. The van der Waals surface area contributed by atoms with E-state index >= 15 is 0 Å². The fourth-order valence-electron chi connectivity index (χ4n) is 1.41. The van der Waals surface area contributed by atoms with E-state index in [0.29, 0.717) is 0 Å². The van der Waals surface area contributed by atoms with Crippen LogP contribution in [0.1, 0.15) is 5.56 Å². The number of rotatable bonds is 3. The lowest BCUT2D eigenvalue weighted by molar-refractivity contribution is 0.372. The number of hydrogen-bond donors (Lipinski definition) is 2. The molecular weight excluding hydrogens is 276 g/mol. The van der Waals surface area contributed by atoms with Gasteiger partial charge in [0.05, 0.1) is 7.11 Å². The first kappa shape index (κ1) is 13.0. The van der Waals surface area contributed by atoms with Crippen molar-refractivity contribution in [3.63, 3.8) is 0 Å². The Kier molecular flexibility index (Phi) is 3.48. The zero-order valence-corrected chi connectivity index (χ0v) is 10.4. The van der Waals surface area contributed by atoms with Crippen molar-refractivity contribution >= 4 is 22.2 Å². The smallest absolute Gasteiger partial charge is 0.278 e. The third kappa shape index (κ3) is 2.41. The van der Waals surface area contributed by atoms with Crippen molar-refractivity contribution in [2.45, 2.75) is 0 Å². The molecule has 1 aromatic carbocycles. The van der Waals surface area contributed by atoms with Gasteiger partial charge in [0, 0.05) is 17.8 Å². The number of ether oxygens (including phenoxy) is 1. The summed E-state index contributed by atoms with van der Waals surface area (Å²) in [7, 11) is 1.21. The summed E-state index contributed by atoms with van der Waals surface area (Å²) in [6, 6.07) is 3.86.